The summed E-state index contributed by atoms with van der Waals surface area (Å²) in [6.07, 6.45) is 4.13. The lowest BCUT2D eigenvalue weighted by molar-refractivity contribution is 0.190. The first-order valence-electron chi connectivity index (χ1n) is 6.54. The van der Waals surface area contributed by atoms with E-state index in [0.29, 0.717) is 5.69 Å². The second kappa shape index (κ2) is 4.61. The SMILES string of the molecule is CN(Cc1nc2ccc(N)cc2o1)CC1CCC1. The lowest BCUT2D eigenvalue weighted by Crippen LogP contribution is -2.29. The van der Waals surface area contributed by atoms with Crippen molar-refractivity contribution in [3.63, 3.8) is 0 Å². The highest BCUT2D eigenvalue weighted by molar-refractivity contribution is 5.76. The molecule has 0 saturated heterocycles. The van der Waals surface area contributed by atoms with Crippen LogP contribution in [0.25, 0.3) is 11.1 Å². The Hall–Kier alpha value is -1.55. The lowest BCUT2D eigenvalue weighted by Gasteiger charge is -2.29. The van der Waals surface area contributed by atoms with Gasteiger partial charge in [0.25, 0.3) is 0 Å². The highest BCUT2D eigenvalue weighted by Gasteiger charge is 2.19. The van der Waals surface area contributed by atoms with Crippen molar-refractivity contribution in [3.8, 4) is 0 Å². The molecule has 0 atom stereocenters. The summed E-state index contributed by atoms with van der Waals surface area (Å²) in [6, 6.07) is 5.59. The fourth-order valence-corrected chi connectivity index (χ4v) is 2.47. The Morgan fingerprint density at radius 1 is 1.44 bits per heavy atom. The Kier molecular flexibility index (Phi) is 2.96. The second-order valence-electron chi connectivity index (χ2n) is 5.33. The summed E-state index contributed by atoms with van der Waals surface area (Å²) >= 11 is 0. The van der Waals surface area contributed by atoms with E-state index in [1.807, 2.05) is 18.2 Å². The third kappa shape index (κ3) is 2.34. The molecular formula is C14H19N3O. The average Bonchev–Trinajstić information content (AvgIpc) is 2.65. The van der Waals surface area contributed by atoms with Crippen molar-refractivity contribution in [1.82, 2.24) is 9.88 Å². The summed E-state index contributed by atoms with van der Waals surface area (Å²) in [5.74, 6) is 1.65. The Bertz CT molecular complexity index is 545. The van der Waals surface area contributed by atoms with Gasteiger partial charge in [0.1, 0.15) is 5.52 Å². The zero-order valence-electron chi connectivity index (χ0n) is 10.7. The number of rotatable bonds is 4. The molecule has 1 fully saturated rings. The first kappa shape index (κ1) is 11.5. The molecule has 1 saturated carbocycles. The molecule has 3 rings (SSSR count). The van der Waals surface area contributed by atoms with E-state index < -0.39 is 0 Å². The average molecular weight is 245 g/mol. The van der Waals surface area contributed by atoms with Crippen molar-refractivity contribution in [2.75, 3.05) is 19.3 Å². The first-order chi connectivity index (χ1) is 8.70. The number of oxazole rings is 1. The molecule has 18 heavy (non-hydrogen) atoms. The zero-order chi connectivity index (χ0) is 12.5. The molecule has 0 radical (unpaired) electrons. The summed E-state index contributed by atoms with van der Waals surface area (Å²) in [5.41, 5.74) is 8.11. The van der Waals surface area contributed by atoms with Crippen LogP contribution >= 0.6 is 0 Å². The van der Waals surface area contributed by atoms with Crippen LogP contribution in [0.3, 0.4) is 0 Å². The van der Waals surface area contributed by atoms with Gasteiger partial charge in [0.15, 0.2) is 5.58 Å². The van der Waals surface area contributed by atoms with E-state index in [9.17, 15) is 0 Å². The molecule has 1 heterocycles. The predicted molar refractivity (Wildman–Crippen MR) is 72.1 cm³/mol. The molecular weight excluding hydrogens is 226 g/mol. The van der Waals surface area contributed by atoms with Gasteiger partial charge in [-0.2, -0.15) is 0 Å². The van der Waals surface area contributed by atoms with Crippen molar-refractivity contribution >= 4 is 16.8 Å². The molecule has 0 amide bonds. The molecule has 0 bridgehead atoms. The van der Waals surface area contributed by atoms with E-state index in [0.717, 1.165) is 36.0 Å². The fraction of sp³-hybridized carbons (Fsp3) is 0.500. The molecule has 4 heteroatoms. The number of nitrogens with two attached hydrogens (primary N) is 1. The van der Waals surface area contributed by atoms with Gasteiger partial charge in [-0.25, -0.2) is 4.98 Å². The van der Waals surface area contributed by atoms with Gasteiger partial charge in [-0.05, 0) is 37.9 Å². The molecule has 1 aliphatic carbocycles. The minimum atomic E-state index is 0.716. The normalized spacial score (nSPS) is 16.3. The van der Waals surface area contributed by atoms with Crippen LogP contribution in [0.1, 0.15) is 25.2 Å². The number of aromatic nitrogens is 1. The van der Waals surface area contributed by atoms with Crippen molar-refractivity contribution in [2.24, 2.45) is 5.92 Å². The number of nitrogens with zero attached hydrogens (tertiary/aromatic N) is 2. The van der Waals surface area contributed by atoms with Crippen LogP contribution in [0.15, 0.2) is 22.6 Å². The topological polar surface area (TPSA) is 55.3 Å². The van der Waals surface area contributed by atoms with E-state index >= 15 is 0 Å². The highest BCUT2D eigenvalue weighted by Crippen LogP contribution is 2.27. The maximum absolute atomic E-state index is 5.73. The van der Waals surface area contributed by atoms with Gasteiger partial charge >= 0.3 is 0 Å². The van der Waals surface area contributed by atoms with Crippen LogP contribution in [0.4, 0.5) is 5.69 Å². The molecule has 96 valence electrons. The van der Waals surface area contributed by atoms with Crippen molar-refractivity contribution < 1.29 is 4.42 Å². The Morgan fingerprint density at radius 2 is 2.28 bits per heavy atom. The van der Waals surface area contributed by atoms with E-state index in [-0.39, 0.29) is 0 Å². The van der Waals surface area contributed by atoms with Gasteiger partial charge in [0.05, 0.1) is 6.54 Å². The number of hydrogen-bond donors (Lipinski definition) is 1. The van der Waals surface area contributed by atoms with Crippen LogP contribution < -0.4 is 5.73 Å². The van der Waals surface area contributed by atoms with Crippen molar-refractivity contribution in [2.45, 2.75) is 25.8 Å². The first-order valence-corrected chi connectivity index (χ1v) is 6.54. The van der Waals surface area contributed by atoms with E-state index in [1.54, 1.807) is 0 Å². The Labute approximate surface area is 107 Å². The van der Waals surface area contributed by atoms with Crippen LogP contribution in [-0.2, 0) is 6.54 Å². The molecule has 4 nitrogen and oxygen atoms in total. The monoisotopic (exact) mass is 245 g/mol. The molecule has 2 N–H and O–H groups in total. The zero-order valence-corrected chi connectivity index (χ0v) is 10.7. The van der Waals surface area contributed by atoms with Gasteiger partial charge < -0.3 is 10.2 Å². The minimum Gasteiger partial charge on any atom is -0.439 e. The van der Waals surface area contributed by atoms with Crippen LogP contribution in [-0.4, -0.2) is 23.5 Å². The molecule has 0 unspecified atom stereocenters. The molecule has 1 aromatic carbocycles. The summed E-state index contributed by atoms with van der Waals surface area (Å²) in [5, 5.41) is 0. The molecule has 1 aromatic heterocycles. The highest BCUT2D eigenvalue weighted by atomic mass is 16.3. The summed E-state index contributed by atoms with van der Waals surface area (Å²) in [7, 11) is 2.13. The molecule has 0 spiro atoms. The van der Waals surface area contributed by atoms with Gasteiger partial charge in [-0.1, -0.05) is 6.42 Å². The second-order valence-corrected chi connectivity index (χ2v) is 5.33. The van der Waals surface area contributed by atoms with Crippen LogP contribution in [0.5, 0.6) is 0 Å². The molecule has 1 aliphatic rings. The third-order valence-electron chi connectivity index (χ3n) is 3.66. The van der Waals surface area contributed by atoms with Gasteiger partial charge in [0, 0.05) is 18.3 Å². The number of hydrogen-bond acceptors (Lipinski definition) is 4. The Balaban J connectivity index is 1.69. The van der Waals surface area contributed by atoms with Gasteiger partial charge in [-0.3, -0.25) is 4.90 Å². The molecule has 2 aromatic rings. The fourth-order valence-electron chi connectivity index (χ4n) is 2.47. The smallest absolute Gasteiger partial charge is 0.209 e. The number of nitrogen functional groups attached to an aromatic ring is 1. The third-order valence-corrected chi connectivity index (χ3v) is 3.66. The largest absolute Gasteiger partial charge is 0.439 e. The minimum absolute atomic E-state index is 0.716. The summed E-state index contributed by atoms with van der Waals surface area (Å²) in [4.78, 5) is 6.77. The number of benzene rings is 1. The lowest BCUT2D eigenvalue weighted by atomic mass is 9.85. The van der Waals surface area contributed by atoms with E-state index in [2.05, 4.69) is 16.9 Å². The number of anilines is 1. The van der Waals surface area contributed by atoms with Gasteiger partial charge in [0.2, 0.25) is 5.89 Å². The summed E-state index contributed by atoms with van der Waals surface area (Å²) < 4.78 is 5.72. The standard InChI is InChI=1S/C14H19N3O/c1-17(8-10-3-2-4-10)9-14-16-12-6-5-11(15)7-13(12)18-14/h5-7,10H,2-4,8-9,15H2,1H3. The Morgan fingerprint density at radius 3 is 3.00 bits per heavy atom. The van der Waals surface area contributed by atoms with E-state index in [1.165, 1.54) is 19.3 Å². The molecule has 0 aliphatic heterocycles. The summed E-state index contributed by atoms with van der Waals surface area (Å²) in [6.45, 7) is 1.91. The quantitative estimate of drug-likeness (QED) is 0.841. The van der Waals surface area contributed by atoms with Crippen molar-refractivity contribution in [1.29, 1.82) is 0 Å². The number of fused-ring (bicyclic) bond motifs is 1. The van der Waals surface area contributed by atoms with Crippen LogP contribution in [0, 0.1) is 5.92 Å². The van der Waals surface area contributed by atoms with Gasteiger partial charge in [-0.15, -0.1) is 0 Å². The maximum Gasteiger partial charge on any atom is 0.209 e. The maximum atomic E-state index is 5.73. The predicted octanol–water partition coefficient (Wildman–Crippen LogP) is 2.64. The van der Waals surface area contributed by atoms with Crippen LogP contribution in [0.2, 0.25) is 0 Å². The van der Waals surface area contributed by atoms with E-state index in [4.69, 9.17) is 10.2 Å². The van der Waals surface area contributed by atoms with Crippen molar-refractivity contribution in [3.05, 3.63) is 24.1 Å².